The number of aryl methyl sites for hydroxylation is 3. The zero-order valence-electron chi connectivity index (χ0n) is 20.3. The molecule has 0 unspecified atom stereocenters. The van der Waals surface area contributed by atoms with Gasteiger partial charge in [0.25, 0.3) is 5.91 Å². The fourth-order valence-electron chi connectivity index (χ4n) is 3.80. The van der Waals surface area contributed by atoms with Crippen molar-refractivity contribution in [1.82, 2.24) is 20.1 Å². The van der Waals surface area contributed by atoms with Crippen LogP contribution in [0.1, 0.15) is 52.8 Å². The number of halogens is 1. The van der Waals surface area contributed by atoms with E-state index in [4.69, 9.17) is 11.6 Å². The molecule has 0 spiro atoms. The number of nitrogens with zero attached hydrogens (tertiary/aromatic N) is 3. The Morgan fingerprint density at radius 2 is 1.74 bits per heavy atom. The first-order valence-electron chi connectivity index (χ1n) is 11.0. The Labute approximate surface area is 209 Å². The summed E-state index contributed by atoms with van der Waals surface area (Å²) < 4.78 is 1.82. The maximum atomic E-state index is 12.8. The molecule has 0 aliphatic rings. The molecule has 0 saturated carbocycles. The van der Waals surface area contributed by atoms with E-state index in [1.807, 2.05) is 58.4 Å². The van der Waals surface area contributed by atoms with Crippen molar-refractivity contribution < 1.29 is 9.59 Å². The third-order valence-electron chi connectivity index (χ3n) is 5.49. The summed E-state index contributed by atoms with van der Waals surface area (Å²) in [5, 5.41) is 15.6. The van der Waals surface area contributed by atoms with E-state index in [0.29, 0.717) is 21.6 Å². The third-order valence-corrected chi connectivity index (χ3v) is 6.84. The van der Waals surface area contributed by atoms with Crippen LogP contribution in [-0.2, 0) is 11.8 Å². The molecule has 2 N–H and O–H groups in total. The second-order valence-corrected chi connectivity index (χ2v) is 10.0. The van der Waals surface area contributed by atoms with Gasteiger partial charge in [-0.2, -0.15) is 0 Å². The zero-order chi connectivity index (χ0) is 25.0. The van der Waals surface area contributed by atoms with E-state index in [2.05, 4.69) is 20.8 Å². The largest absolute Gasteiger partial charge is 0.342 e. The molecule has 1 aromatic heterocycles. The van der Waals surface area contributed by atoms with Gasteiger partial charge in [-0.3, -0.25) is 9.59 Å². The van der Waals surface area contributed by atoms with Gasteiger partial charge in [0.1, 0.15) is 0 Å². The van der Waals surface area contributed by atoms with E-state index >= 15 is 0 Å². The Morgan fingerprint density at radius 1 is 1.09 bits per heavy atom. The molecule has 1 atom stereocenters. The lowest BCUT2D eigenvalue weighted by molar-refractivity contribution is -0.113. The zero-order valence-corrected chi connectivity index (χ0v) is 21.8. The molecule has 3 rings (SSSR count). The highest BCUT2D eigenvalue weighted by Crippen LogP contribution is 2.26. The van der Waals surface area contributed by atoms with Gasteiger partial charge in [0.15, 0.2) is 11.0 Å². The number of carbonyl (C=O) groups is 2. The van der Waals surface area contributed by atoms with Crippen LogP contribution in [0.3, 0.4) is 0 Å². The van der Waals surface area contributed by atoms with Gasteiger partial charge in [-0.15, -0.1) is 10.2 Å². The molecule has 7 nitrogen and oxygen atoms in total. The number of rotatable bonds is 8. The van der Waals surface area contributed by atoms with E-state index in [9.17, 15) is 9.59 Å². The summed E-state index contributed by atoms with van der Waals surface area (Å²) in [5.41, 5.74) is 4.48. The number of amides is 2. The third kappa shape index (κ3) is 5.98. The van der Waals surface area contributed by atoms with Crippen LogP contribution >= 0.6 is 23.4 Å². The van der Waals surface area contributed by atoms with E-state index in [1.54, 1.807) is 24.3 Å². The molecule has 0 fully saturated rings. The number of hydrogen-bond acceptors (Lipinski definition) is 5. The van der Waals surface area contributed by atoms with Crippen molar-refractivity contribution in [2.45, 2.75) is 45.8 Å². The minimum atomic E-state index is -0.373. The van der Waals surface area contributed by atoms with Crippen molar-refractivity contribution in [2.75, 3.05) is 11.1 Å². The van der Waals surface area contributed by atoms with Crippen LogP contribution in [0, 0.1) is 26.7 Å². The predicted octanol–water partition coefficient (Wildman–Crippen LogP) is 5.25. The molecule has 9 heteroatoms. The molecule has 0 bridgehead atoms. The first-order chi connectivity index (χ1) is 16.1. The molecule has 2 amide bonds. The number of anilines is 1. The Hall–Kier alpha value is -2.84. The number of hydrogen-bond donors (Lipinski definition) is 2. The minimum absolute atomic E-state index is 0.0583. The average Bonchev–Trinajstić information content (AvgIpc) is 3.13. The number of benzene rings is 2. The quantitative estimate of drug-likeness (QED) is 0.413. The van der Waals surface area contributed by atoms with Crippen molar-refractivity contribution in [3.63, 3.8) is 0 Å². The Morgan fingerprint density at radius 3 is 2.35 bits per heavy atom. The highest BCUT2D eigenvalue weighted by molar-refractivity contribution is 7.99. The molecule has 0 radical (unpaired) electrons. The van der Waals surface area contributed by atoms with Crippen LogP contribution < -0.4 is 10.6 Å². The number of thioether (sulfide) groups is 1. The fourth-order valence-corrected chi connectivity index (χ4v) is 4.74. The molecule has 180 valence electrons. The first-order valence-corrected chi connectivity index (χ1v) is 12.4. The molecule has 0 saturated heterocycles. The van der Waals surface area contributed by atoms with E-state index < -0.39 is 0 Å². The Bertz CT molecular complexity index is 1180. The molecule has 34 heavy (non-hydrogen) atoms. The summed E-state index contributed by atoms with van der Waals surface area (Å²) in [6.07, 6.45) is 0. The van der Waals surface area contributed by atoms with E-state index in [0.717, 1.165) is 22.4 Å². The van der Waals surface area contributed by atoms with Crippen LogP contribution in [0.25, 0.3) is 0 Å². The summed E-state index contributed by atoms with van der Waals surface area (Å²) in [6.45, 7) is 10.0. The normalized spacial score (nSPS) is 12.0. The van der Waals surface area contributed by atoms with E-state index in [1.165, 1.54) is 11.8 Å². The molecule has 0 aliphatic carbocycles. The fraction of sp³-hybridized carbons (Fsp3) is 0.360. The lowest BCUT2D eigenvalue weighted by atomic mass is 10.0. The number of aromatic nitrogens is 3. The molecular weight excluding hydrogens is 470 g/mol. The maximum Gasteiger partial charge on any atom is 0.253 e. The average molecular weight is 500 g/mol. The summed E-state index contributed by atoms with van der Waals surface area (Å²) in [4.78, 5) is 25.4. The highest BCUT2D eigenvalue weighted by atomic mass is 35.5. The van der Waals surface area contributed by atoms with Crippen molar-refractivity contribution >= 4 is 40.9 Å². The predicted molar refractivity (Wildman–Crippen MR) is 138 cm³/mol. The van der Waals surface area contributed by atoms with Gasteiger partial charge in [0, 0.05) is 12.7 Å². The molecule has 0 aliphatic heterocycles. The van der Waals surface area contributed by atoms with Gasteiger partial charge in [0.2, 0.25) is 5.91 Å². The van der Waals surface area contributed by atoms with Crippen LogP contribution in [0.4, 0.5) is 5.69 Å². The van der Waals surface area contributed by atoms with Crippen LogP contribution in [0.2, 0.25) is 5.02 Å². The SMILES string of the molecule is Cc1cc(C)c(NC(=O)CSc2nnc([C@H](NC(=O)c3ccccc3Cl)C(C)C)n2C)c(C)c1. The van der Waals surface area contributed by atoms with Crippen LogP contribution in [0.15, 0.2) is 41.6 Å². The lowest BCUT2D eigenvalue weighted by Crippen LogP contribution is -2.33. The monoisotopic (exact) mass is 499 g/mol. The number of carbonyl (C=O) groups excluding carboxylic acids is 2. The van der Waals surface area contributed by atoms with Gasteiger partial charge in [-0.05, 0) is 49.9 Å². The smallest absolute Gasteiger partial charge is 0.253 e. The molecule has 3 aromatic rings. The van der Waals surface area contributed by atoms with Crippen molar-refractivity contribution in [3.05, 3.63) is 69.5 Å². The standard InChI is InChI=1S/C25H30ClN5O2S/c1-14(2)21(28-24(33)18-9-7-8-10-19(18)26)23-29-30-25(31(23)6)34-13-20(32)27-22-16(4)11-15(3)12-17(22)5/h7-12,14,21H,13H2,1-6H3,(H,27,32)(H,28,33)/t21-/m1/s1. The first kappa shape index (κ1) is 25.8. The van der Waals surface area contributed by atoms with E-state index in [-0.39, 0.29) is 29.5 Å². The summed E-state index contributed by atoms with van der Waals surface area (Å²) in [7, 11) is 1.83. The summed E-state index contributed by atoms with van der Waals surface area (Å²) in [6, 6.07) is 10.6. The van der Waals surface area contributed by atoms with Crippen LogP contribution in [0.5, 0.6) is 0 Å². The number of nitrogens with one attached hydrogen (secondary N) is 2. The topological polar surface area (TPSA) is 88.9 Å². The van der Waals surface area contributed by atoms with Gasteiger partial charge < -0.3 is 15.2 Å². The molecule has 2 aromatic carbocycles. The van der Waals surface area contributed by atoms with Crippen molar-refractivity contribution in [3.8, 4) is 0 Å². The highest BCUT2D eigenvalue weighted by Gasteiger charge is 2.26. The minimum Gasteiger partial charge on any atom is -0.342 e. The van der Waals surface area contributed by atoms with Gasteiger partial charge in [-0.25, -0.2) is 0 Å². The summed E-state index contributed by atoms with van der Waals surface area (Å²) >= 11 is 7.48. The van der Waals surface area contributed by atoms with Gasteiger partial charge >= 0.3 is 0 Å². The Balaban J connectivity index is 1.69. The van der Waals surface area contributed by atoms with Crippen LogP contribution in [-0.4, -0.2) is 32.3 Å². The van der Waals surface area contributed by atoms with Gasteiger partial charge in [0.05, 0.1) is 22.4 Å². The Kier molecular flexibility index (Phi) is 8.38. The maximum absolute atomic E-state index is 12.8. The summed E-state index contributed by atoms with van der Waals surface area (Å²) in [5.74, 6) is 0.477. The van der Waals surface area contributed by atoms with Crippen molar-refractivity contribution in [2.24, 2.45) is 13.0 Å². The molecular formula is C25H30ClN5O2S. The second-order valence-electron chi connectivity index (χ2n) is 8.69. The lowest BCUT2D eigenvalue weighted by Gasteiger charge is -2.22. The van der Waals surface area contributed by atoms with Gasteiger partial charge in [-0.1, -0.05) is 67.0 Å². The van der Waals surface area contributed by atoms with Crippen molar-refractivity contribution in [1.29, 1.82) is 0 Å². The molecule has 1 heterocycles. The second kappa shape index (κ2) is 11.1.